The first-order valence-electron chi connectivity index (χ1n) is 13.7. The zero-order valence-electron chi connectivity index (χ0n) is 21.3. The highest BCUT2D eigenvalue weighted by Gasteiger charge is 2.37. The Morgan fingerprint density at radius 3 is 3.03 bits per heavy atom. The number of likely N-dealkylation sites (tertiary alicyclic amines) is 1. The fourth-order valence-electron chi connectivity index (χ4n) is 5.69. The van der Waals surface area contributed by atoms with Gasteiger partial charge in [0.1, 0.15) is 17.7 Å². The van der Waals surface area contributed by atoms with Gasteiger partial charge in [-0.3, -0.25) is 14.7 Å². The van der Waals surface area contributed by atoms with Gasteiger partial charge >= 0.3 is 5.97 Å². The third-order valence-electron chi connectivity index (χ3n) is 7.60. The number of aromatic nitrogens is 2. The van der Waals surface area contributed by atoms with E-state index in [4.69, 9.17) is 14.5 Å². The van der Waals surface area contributed by atoms with Gasteiger partial charge in [-0.1, -0.05) is 6.07 Å². The second kappa shape index (κ2) is 12.3. The lowest BCUT2D eigenvalue weighted by molar-refractivity contribution is -0.143. The average Bonchev–Trinajstić information content (AvgIpc) is 3.37. The Labute approximate surface area is 217 Å². The lowest BCUT2D eigenvalue weighted by Crippen LogP contribution is -2.35. The molecule has 0 aliphatic carbocycles. The van der Waals surface area contributed by atoms with Crippen molar-refractivity contribution < 1.29 is 23.8 Å². The van der Waals surface area contributed by atoms with E-state index in [1.54, 1.807) is 0 Å². The molecule has 5 rings (SSSR count). The molecule has 2 aromatic rings. The fraction of sp³-hybridized carbons (Fsp3) is 0.607. The van der Waals surface area contributed by atoms with Crippen molar-refractivity contribution in [2.24, 2.45) is 0 Å². The molecule has 3 aliphatic heterocycles. The summed E-state index contributed by atoms with van der Waals surface area (Å²) >= 11 is 0. The van der Waals surface area contributed by atoms with Gasteiger partial charge in [-0.2, -0.15) is 0 Å². The summed E-state index contributed by atoms with van der Waals surface area (Å²) < 4.78 is 26.2. The second-order valence-electron chi connectivity index (χ2n) is 10.3. The molecule has 0 unspecified atom stereocenters. The molecule has 0 saturated carbocycles. The number of halogens is 1. The van der Waals surface area contributed by atoms with Crippen LogP contribution < -0.4 is 5.32 Å². The number of nitrogens with one attached hydrogen (secondary N) is 1. The number of anilines is 1. The minimum atomic E-state index is -1.00. The normalized spacial score (nSPS) is 22.8. The van der Waals surface area contributed by atoms with Gasteiger partial charge in [-0.15, -0.1) is 0 Å². The first kappa shape index (κ1) is 26.0. The summed E-state index contributed by atoms with van der Waals surface area (Å²) in [6.45, 7) is 3.30. The van der Waals surface area contributed by atoms with Gasteiger partial charge in [-0.25, -0.2) is 9.37 Å². The largest absolute Gasteiger partial charge is 0.480 e. The highest BCUT2D eigenvalue weighted by molar-refractivity contribution is 5.76. The van der Waals surface area contributed by atoms with E-state index < -0.39 is 17.8 Å². The van der Waals surface area contributed by atoms with E-state index in [1.165, 1.54) is 11.6 Å². The molecule has 37 heavy (non-hydrogen) atoms. The number of hydrogen-bond donors (Lipinski definition) is 2. The van der Waals surface area contributed by atoms with E-state index in [9.17, 15) is 14.3 Å². The van der Waals surface area contributed by atoms with Crippen LogP contribution in [0.1, 0.15) is 79.6 Å². The van der Waals surface area contributed by atoms with Crippen LogP contribution in [0.2, 0.25) is 0 Å². The van der Waals surface area contributed by atoms with Gasteiger partial charge in [0, 0.05) is 44.1 Å². The monoisotopic (exact) mass is 512 g/mol. The topological polar surface area (TPSA) is 96.8 Å². The van der Waals surface area contributed by atoms with E-state index in [2.05, 4.69) is 22.4 Å². The fourth-order valence-corrected chi connectivity index (χ4v) is 5.69. The molecule has 9 heteroatoms. The van der Waals surface area contributed by atoms with Crippen LogP contribution in [0, 0.1) is 5.82 Å². The number of pyridine rings is 2. The molecule has 2 aromatic heterocycles. The first-order chi connectivity index (χ1) is 18.1. The second-order valence-corrected chi connectivity index (χ2v) is 10.3. The lowest BCUT2D eigenvalue weighted by atomic mass is 9.96. The number of hydrogen-bond acceptors (Lipinski definition) is 7. The van der Waals surface area contributed by atoms with Crippen LogP contribution in [-0.4, -0.2) is 64.9 Å². The number of carboxylic acids is 1. The Hall–Kier alpha value is -2.62. The van der Waals surface area contributed by atoms with Crippen molar-refractivity contribution in [1.82, 2.24) is 14.9 Å². The zero-order chi connectivity index (χ0) is 25.6. The van der Waals surface area contributed by atoms with Crippen molar-refractivity contribution in [2.75, 3.05) is 38.2 Å². The van der Waals surface area contributed by atoms with E-state index >= 15 is 0 Å². The molecule has 2 saturated heterocycles. The molecule has 200 valence electrons. The SMILES string of the molecule is O=C(O)[C@H](c1cc(F)cnc1[C@@H]1CCCCO1)N1CC[C@@H](OCCCCc2ccc3c(n2)NCCC3)C1. The molecular weight excluding hydrogens is 475 g/mol. The molecule has 5 heterocycles. The minimum absolute atomic E-state index is 0.0381. The number of aliphatic carboxylic acids is 1. The highest BCUT2D eigenvalue weighted by atomic mass is 19.1. The number of unbranched alkanes of at least 4 members (excludes halogenated alkanes) is 1. The highest BCUT2D eigenvalue weighted by Crippen LogP contribution is 2.35. The number of carbonyl (C=O) groups is 1. The molecule has 0 radical (unpaired) electrons. The van der Waals surface area contributed by atoms with Crippen LogP contribution in [0.15, 0.2) is 24.4 Å². The standard InChI is InChI=1S/C28H37FN4O4/c29-20-16-23(25(31-17-20)24-8-2-4-15-37-24)26(28(34)35)33-13-11-22(18-33)36-14-3-1-7-21-10-9-19-6-5-12-30-27(19)32-21/h9-10,16-17,22,24,26H,1-8,11-15,18H2,(H,30,32)(H,34,35)/t22-,24+,26+/m1/s1. The van der Waals surface area contributed by atoms with Gasteiger partial charge in [0.15, 0.2) is 0 Å². The summed E-state index contributed by atoms with van der Waals surface area (Å²) in [4.78, 5) is 23.3. The molecule has 0 amide bonds. The number of ether oxygens (including phenoxy) is 2. The Morgan fingerprint density at radius 1 is 1.27 bits per heavy atom. The number of nitrogens with zero attached hydrogens (tertiary/aromatic N) is 3. The maximum Gasteiger partial charge on any atom is 0.325 e. The predicted octanol–water partition coefficient (Wildman–Crippen LogP) is 4.45. The summed E-state index contributed by atoms with van der Waals surface area (Å²) in [5.41, 5.74) is 3.35. The predicted molar refractivity (Wildman–Crippen MR) is 137 cm³/mol. The van der Waals surface area contributed by atoms with E-state index in [0.29, 0.717) is 37.6 Å². The summed E-state index contributed by atoms with van der Waals surface area (Å²) in [5.74, 6) is -0.500. The van der Waals surface area contributed by atoms with Crippen molar-refractivity contribution in [1.29, 1.82) is 0 Å². The summed E-state index contributed by atoms with van der Waals surface area (Å²) in [6.07, 6.45) is 9.37. The Balaban J connectivity index is 1.13. The van der Waals surface area contributed by atoms with Gasteiger partial charge in [0.25, 0.3) is 0 Å². The van der Waals surface area contributed by atoms with Crippen molar-refractivity contribution >= 4 is 11.8 Å². The molecule has 0 spiro atoms. The van der Waals surface area contributed by atoms with Crippen molar-refractivity contribution in [3.63, 3.8) is 0 Å². The lowest BCUT2D eigenvalue weighted by Gasteiger charge is -2.29. The third-order valence-corrected chi connectivity index (χ3v) is 7.60. The maximum atomic E-state index is 14.2. The number of aryl methyl sites for hydroxylation is 2. The average molecular weight is 513 g/mol. The number of rotatable bonds is 10. The third kappa shape index (κ3) is 6.45. The number of carboxylic acid groups (broad SMARTS) is 1. The van der Waals surface area contributed by atoms with Crippen molar-refractivity contribution in [2.45, 2.75) is 76.0 Å². The zero-order valence-corrected chi connectivity index (χ0v) is 21.3. The summed E-state index contributed by atoms with van der Waals surface area (Å²) in [6, 6.07) is 4.66. The van der Waals surface area contributed by atoms with Crippen molar-refractivity contribution in [3.8, 4) is 0 Å². The summed E-state index contributed by atoms with van der Waals surface area (Å²) in [7, 11) is 0. The minimum Gasteiger partial charge on any atom is -0.480 e. The maximum absolute atomic E-state index is 14.2. The van der Waals surface area contributed by atoms with Crippen LogP contribution in [0.5, 0.6) is 0 Å². The molecule has 2 fully saturated rings. The Bertz CT molecular complexity index is 1080. The van der Waals surface area contributed by atoms with Gasteiger partial charge < -0.3 is 19.9 Å². The smallest absolute Gasteiger partial charge is 0.325 e. The Kier molecular flexibility index (Phi) is 8.63. The molecule has 2 N–H and O–H groups in total. The molecular formula is C28H37FN4O4. The number of fused-ring (bicyclic) bond motifs is 1. The van der Waals surface area contributed by atoms with Crippen LogP contribution in [0.4, 0.5) is 10.2 Å². The summed E-state index contributed by atoms with van der Waals surface area (Å²) in [5, 5.41) is 13.5. The first-order valence-corrected chi connectivity index (χ1v) is 13.7. The van der Waals surface area contributed by atoms with Gasteiger partial charge in [-0.05, 0) is 75.5 Å². The van der Waals surface area contributed by atoms with E-state index in [0.717, 1.165) is 82.0 Å². The van der Waals surface area contributed by atoms with Crippen LogP contribution in [0.25, 0.3) is 0 Å². The van der Waals surface area contributed by atoms with Gasteiger partial charge in [0.05, 0.1) is 24.1 Å². The molecule has 0 bridgehead atoms. The van der Waals surface area contributed by atoms with Gasteiger partial charge in [0.2, 0.25) is 0 Å². The van der Waals surface area contributed by atoms with Crippen LogP contribution in [0.3, 0.4) is 0 Å². The van der Waals surface area contributed by atoms with E-state index in [1.807, 2.05) is 4.90 Å². The quantitative estimate of drug-likeness (QED) is 0.451. The Morgan fingerprint density at radius 2 is 2.19 bits per heavy atom. The van der Waals surface area contributed by atoms with E-state index in [-0.39, 0.29) is 12.2 Å². The van der Waals surface area contributed by atoms with Crippen LogP contribution >= 0.6 is 0 Å². The molecule has 8 nitrogen and oxygen atoms in total. The van der Waals surface area contributed by atoms with Crippen molar-refractivity contribution in [3.05, 3.63) is 52.7 Å². The molecule has 0 aromatic carbocycles. The molecule has 3 aliphatic rings. The molecule has 3 atom stereocenters. The van der Waals surface area contributed by atoms with Crippen LogP contribution in [-0.2, 0) is 27.1 Å².